The van der Waals surface area contributed by atoms with Crippen molar-refractivity contribution in [3.8, 4) is 0 Å². The second-order valence-electron chi connectivity index (χ2n) is 8.34. The van der Waals surface area contributed by atoms with Gasteiger partial charge in [0.1, 0.15) is 0 Å². The second-order valence-corrected chi connectivity index (χ2v) is 8.34. The molecule has 2 heterocycles. The molecule has 0 radical (unpaired) electrons. The third-order valence-corrected chi connectivity index (χ3v) is 5.99. The quantitative estimate of drug-likeness (QED) is 0.474. The van der Waals surface area contributed by atoms with E-state index in [1.807, 2.05) is 24.4 Å². The standard InChI is InChI=1S/C26H27F3N2/c27-26(28,29)24-10-4-8-21(17-24)16-22-11-12-25(30-18-22)23-9-5-14-31(19-23)15-13-20-6-2-1-3-7-20/h1-4,6-8,10-12,17-18,23H,5,9,13-16,19H2. The second kappa shape index (κ2) is 9.65. The number of aromatic nitrogens is 1. The topological polar surface area (TPSA) is 16.1 Å². The van der Waals surface area contributed by atoms with Crippen molar-refractivity contribution in [3.05, 3.63) is 101 Å². The summed E-state index contributed by atoms with van der Waals surface area (Å²) in [7, 11) is 0. The molecule has 5 heteroatoms. The first-order valence-corrected chi connectivity index (χ1v) is 10.8. The average molecular weight is 425 g/mol. The van der Waals surface area contributed by atoms with Gasteiger partial charge >= 0.3 is 6.18 Å². The Labute approximate surface area is 181 Å². The molecule has 1 aliphatic rings. The molecule has 31 heavy (non-hydrogen) atoms. The molecule has 1 atom stereocenters. The maximum Gasteiger partial charge on any atom is 0.416 e. The number of pyridine rings is 1. The van der Waals surface area contributed by atoms with Crippen LogP contribution in [-0.4, -0.2) is 29.5 Å². The Morgan fingerprint density at radius 1 is 0.903 bits per heavy atom. The van der Waals surface area contributed by atoms with Crippen molar-refractivity contribution in [2.75, 3.05) is 19.6 Å². The first-order valence-electron chi connectivity index (χ1n) is 10.8. The van der Waals surface area contributed by atoms with Gasteiger partial charge in [0.2, 0.25) is 0 Å². The predicted molar refractivity (Wildman–Crippen MR) is 117 cm³/mol. The zero-order valence-electron chi connectivity index (χ0n) is 17.5. The van der Waals surface area contributed by atoms with Crippen LogP contribution in [0.1, 0.15) is 46.7 Å². The highest BCUT2D eigenvalue weighted by Crippen LogP contribution is 2.30. The molecule has 0 bridgehead atoms. The summed E-state index contributed by atoms with van der Waals surface area (Å²) >= 11 is 0. The zero-order valence-corrected chi connectivity index (χ0v) is 17.5. The molecule has 1 unspecified atom stereocenters. The van der Waals surface area contributed by atoms with Crippen LogP contribution in [0.25, 0.3) is 0 Å². The van der Waals surface area contributed by atoms with E-state index in [-0.39, 0.29) is 0 Å². The van der Waals surface area contributed by atoms with Gasteiger partial charge in [-0.25, -0.2) is 0 Å². The summed E-state index contributed by atoms with van der Waals surface area (Å²) in [6, 6.07) is 20.1. The molecule has 2 nitrogen and oxygen atoms in total. The Kier molecular flexibility index (Phi) is 6.71. The predicted octanol–water partition coefficient (Wildman–Crippen LogP) is 6.11. The molecular formula is C26H27F3N2. The van der Waals surface area contributed by atoms with Crippen molar-refractivity contribution in [2.24, 2.45) is 0 Å². The fraction of sp³-hybridized carbons (Fsp3) is 0.346. The Balaban J connectivity index is 1.35. The molecule has 2 aromatic carbocycles. The van der Waals surface area contributed by atoms with Gasteiger partial charge in [0.15, 0.2) is 0 Å². The summed E-state index contributed by atoms with van der Waals surface area (Å²) in [5, 5.41) is 0. The van der Waals surface area contributed by atoms with E-state index in [2.05, 4.69) is 34.1 Å². The van der Waals surface area contributed by atoms with Gasteiger partial charge in [0.05, 0.1) is 5.56 Å². The van der Waals surface area contributed by atoms with Crippen molar-refractivity contribution < 1.29 is 13.2 Å². The molecular weight excluding hydrogens is 397 g/mol. The number of alkyl halides is 3. The Morgan fingerprint density at radius 3 is 2.45 bits per heavy atom. The van der Waals surface area contributed by atoms with Crippen molar-refractivity contribution in [2.45, 2.75) is 37.8 Å². The van der Waals surface area contributed by atoms with Crippen LogP contribution in [0.4, 0.5) is 13.2 Å². The largest absolute Gasteiger partial charge is 0.416 e. The van der Waals surface area contributed by atoms with Crippen LogP contribution in [0.2, 0.25) is 0 Å². The zero-order chi connectivity index (χ0) is 21.7. The van der Waals surface area contributed by atoms with Crippen molar-refractivity contribution in [1.82, 2.24) is 9.88 Å². The van der Waals surface area contributed by atoms with Crippen molar-refractivity contribution >= 4 is 0 Å². The van der Waals surface area contributed by atoms with Gasteiger partial charge in [-0.1, -0.05) is 54.6 Å². The maximum atomic E-state index is 12.9. The van der Waals surface area contributed by atoms with Crippen LogP contribution in [0.15, 0.2) is 72.9 Å². The number of hydrogen-bond acceptors (Lipinski definition) is 2. The number of rotatable bonds is 6. The lowest BCUT2D eigenvalue weighted by molar-refractivity contribution is -0.137. The monoisotopic (exact) mass is 424 g/mol. The summed E-state index contributed by atoms with van der Waals surface area (Å²) in [4.78, 5) is 7.19. The molecule has 0 amide bonds. The molecule has 1 saturated heterocycles. The van der Waals surface area contributed by atoms with E-state index in [0.717, 1.165) is 56.2 Å². The molecule has 1 aromatic heterocycles. The number of benzene rings is 2. The molecule has 1 aliphatic heterocycles. The third kappa shape index (κ3) is 5.95. The van der Waals surface area contributed by atoms with Crippen LogP contribution in [0, 0.1) is 0 Å². The first-order chi connectivity index (χ1) is 15.0. The summed E-state index contributed by atoms with van der Waals surface area (Å²) in [5.41, 5.74) is 3.42. The normalized spacial score (nSPS) is 17.6. The van der Waals surface area contributed by atoms with Crippen LogP contribution in [0.5, 0.6) is 0 Å². The van der Waals surface area contributed by atoms with E-state index >= 15 is 0 Å². The van der Waals surface area contributed by atoms with E-state index in [4.69, 9.17) is 0 Å². The number of halogens is 3. The third-order valence-electron chi connectivity index (χ3n) is 5.99. The minimum atomic E-state index is -4.31. The van der Waals surface area contributed by atoms with E-state index in [1.165, 1.54) is 17.7 Å². The van der Waals surface area contributed by atoms with Crippen LogP contribution < -0.4 is 0 Å². The highest BCUT2D eigenvalue weighted by Gasteiger charge is 2.30. The average Bonchev–Trinajstić information content (AvgIpc) is 2.79. The lowest BCUT2D eigenvalue weighted by Gasteiger charge is -2.32. The molecule has 1 fully saturated rings. The smallest absolute Gasteiger partial charge is 0.302 e. The molecule has 0 aliphatic carbocycles. The van der Waals surface area contributed by atoms with Gasteiger partial charge in [-0.05, 0) is 61.1 Å². The summed E-state index contributed by atoms with van der Waals surface area (Å²) in [6.07, 6.45) is 1.29. The van der Waals surface area contributed by atoms with E-state index < -0.39 is 11.7 Å². The van der Waals surface area contributed by atoms with Crippen LogP contribution >= 0.6 is 0 Å². The highest BCUT2D eigenvalue weighted by atomic mass is 19.4. The minimum Gasteiger partial charge on any atom is -0.302 e. The number of piperidine rings is 1. The fourth-order valence-electron chi connectivity index (χ4n) is 4.31. The lowest BCUT2D eigenvalue weighted by atomic mass is 9.93. The number of nitrogens with zero attached hydrogens (tertiary/aromatic N) is 2. The Bertz CT molecular complexity index is 968. The molecule has 0 saturated carbocycles. The summed E-state index contributed by atoms with van der Waals surface area (Å²) in [6.45, 7) is 3.18. The van der Waals surface area contributed by atoms with Crippen molar-refractivity contribution in [3.63, 3.8) is 0 Å². The van der Waals surface area contributed by atoms with Gasteiger partial charge in [0, 0.05) is 30.9 Å². The van der Waals surface area contributed by atoms with Gasteiger partial charge in [-0.2, -0.15) is 13.2 Å². The van der Waals surface area contributed by atoms with E-state index in [1.54, 1.807) is 6.07 Å². The summed E-state index contributed by atoms with van der Waals surface area (Å²) < 4.78 is 38.8. The summed E-state index contributed by atoms with van der Waals surface area (Å²) in [5.74, 6) is 0.409. The van der Waals surface area contributed by atoms with Crippen LogP contribution in [0.3, 0.4) is 0 Å². The Hall–Kier alpha value is -2.66. The number of likely N-dealkylation sites (tertiary alicyclic amines) is 1. The fourth-order valence-corrected chi connectivity index (χ4v) is 4.31. The minimum absolute atomic E-state index is 0.409. The van der Waals surface area contributed by atoms with Crippen LogP contribution in [-0.2, 0) is 19.0 Å². The van der Waals surface area contributed by atoms with E-state index in [9.17, 15) is 13.2 Å². The van der Waals surface area contributed by atoms with E-state index in [0.29, 0.717) is 17.9 Å². The van der Waals surface area contributed by atoms with Crippen molar-refractivity contribution in [1.29, 1.82) is 0 Å². The molecule has 3 aromatic rings. The maximum absolute atomic E-state index is 12.9. The SMILES string of the molecule is FC(F)(F)c1cccc(Cc2ccc(C3CCCN(CCc4ccccc4)C3)nc2)c1. The highest BCUT2D eigenvalue weighted by molar-refractivity contribution is 5.30. The van der Waals surface area contributed by atoms with Gasteiger partial charge in [-0.15, -0.1) is 0 Å². The van der Waals surface area contributed by atoms with Gasteiger partial charge in [0.25, 0.3) is 0 Å². The molecule has 162 valence electrons. The molecule has 4 rings (SSSR count). The van der Waals surface area contributed by atoms with Gasteiger partial charge < -0.3 is 4.90 Å². The first kappa shape index (κ1) is 21.6. The Morgan fingerprint density at radius 2 is 1.71 bits per heavy atom. The molecule has 0 N–H and O–H groups in total. The lowest BCUT2D eigenvalue weighted by Crippen LogP contribution is -2.36. The van der Waals surface area contributed by atoms with Gasteiger partial charge in [-0.3, -0.25) is 4.98 Å². The number of hydrogen-bond donors (Lipinski definition) is 0. The molecule has 0 spiro atoms.